The predicted octanol–water partition coefficient (Wildman–Crippen LogP) is 3.14. The van der Waals surface area contributed by atoms with Crippen LogP contribution in [0.15, 0.2) is 24.3 Å². The van der Waals surface area contributed by atoms with Crippen LogP contribution in [-0.2, 0) is 11.3 Å². The van der Waals surface area contributed by atoms with Crippen LogP contribution in [0.2, 0.25) is 0 Å². The maximum atomic E-state index is 11.7. The predicted molar refractivity (Wildman–Crippen MR) is 76.0 cm³/mol. The molecule has 1 aliphatic carbocycles. The second-order valence-corrected chi connectivity index (χ2v) is 5.49. The van der Waals surface area contributed by atoms with Gasteiger partial charge in [0, 0.05) is 12.6 Å². The molecule has 0 amide bonds. The Balaban J connectivity index is 1.94. The highest BCUT2D eigenvalue weighted by molar-refractivity contribution is 5.90. The number of hydrogen-bond acceptors (Lipinski definition) is 3. The van der Waals surface area contributed by atoms with Gasteiger partial charge < -0.3 is 10.1 Å². The Labute approximate surface area is 115 Å². The zero-order chi connectivity index (χ0) is 13.7. The quantitative estimate of drug-likeness (QED) is 0.846. The Morgan fingerprint density at radius 1 is 1.26 bits per heavy atom. The summed E-state index contributed by atoms with van der Waals surface area (Å²) in [7, 11) is 1.43. The summed E-state index contributed by atoms with van der Waals surface area (Å²) < 4.78 is 4.82. The van der Waals surface area contributed by atoms with Crippen molar-refractivity contribution in [3.8, 4) is 0 Å². The van der Waals surface area contributed by atoms with Gasteiger partial charge in [-0.3, -0.25) is 0 Å². The molecule has 0 saturated heterocycles. The number of methoxy groups -OCH3 is 1. The number of rotatable bonds is 4. The van der Waals surface area contributed by atoms with E-state index in [4.69, 9.17) is 4.74 Å². The van der Waals surface area contributed by atoms with E-state index in [1.165, 1.54) is 32.8 Å². The largest absolute Gasteiger partial charge is 0.465 e. The fraction of sp³-hybridized carbons (Fsp3) is 0.562. The van der Waals surface area contributed by atoms with Crippen LogP contribution >= 0.6 is 0 Å². The molecule has 0 heterocycles. The summed E-state index contributed by atoms with van der Waals surface area (Å²) in [5, 5.41) is 3.57. The minimum absolute atomic E-state index is 0.255. The highest BCUT2D eigenvalue weighted by Gasteiger charge is 2.18. The molecule has 1 saturated carbocycles. The van der Waals surface area contributed by atoms with E-state index < -0.39 is 0 Å². The number of carbonyl (C=O) groups is 1. The molecule has 3 heteroatoms. The Kier molecular flexibility index (Phi) is 4.97. The number of nitrogens with one attached hydrogen (secondary N) is 1. The SMILES string of the molecule is COC(=O)c1ccccc1CNC1CCC(C)CC1. The number of carbonyl (C=O) groups excluding carboxylic acids is 1. The minimum Gasteiger partial charge on any atom is -0.465 e. The second kappa shape index (κ2) is 6.71. The number of ether oxygens (including phenoxy) is 1. The number of benzene rings is 1. The Hall–Kier alpha value is -1.35. The number of hydrogen-bond donors (Lipinski definition) is 1. The number of esters is 1. The van der Waals surface area contributed by atoms with Crippen LogP contribution in [0, 0.1) is 5.92 Å². The average molecular weight is 261 g/mol. The Morgan fingerprint density at radius 2 is 1.95 bits per heavy atom. The van der Waals surface area contributed by atoms with E-state index in [0.717, 1.165) is 18.0 Å². The monoisotopic (exact) mass is 261 g/mol. The molecule has 104 valence electrons. The van der Waals surface area contributed by atoms with E-state index in [0.29, 0.717) is 11.6 Å². The molecule has 1 aromatic rings. The van der Waals surface area contributed by atoms with E-state index in [-0.39, 0.29) is 5.97 Å². The van der Waals surface area contributed by atoms with E-state index in [2.05, 4.69) is 12.2 Å². The van der Waals surface area contributed by atoms with Crippen molar-refractivity contribution >= 4 is 5.97 Å². The molecule has 19 heavy (non-hydrogen) atoms. The van der Waals surface area contributed by atoms with Crippen molar-refractivity contribution in [3.05, 3.63) is 35.4 Å². The van der Waals surface area contributed by atoms with Crippen molar-refractivity contribution in [1.82, 2.24) is 5.32 Å². The summed E-state index contributed by atoms with van der Waals surface area (Å²) in [4.78, 5) is 11.7. The first-order valence-electron chi connectivity index (χ1n) is 7.10. The van der Waals surface area contributed by atoms with Crippen molar-refractivity contribution in [2.45, 2.75) is 45.2 Å². The van der Waals surface area contributed by atoms with Crippen LogP contribution in [0.25, 0.3) is 0 Å². The molecule has 0 radical (unpaired) electrons. The van der Waals surface area contributed by atoms with Gasteiger partial charge in [0.15, 0.2) is 0 Å². The Morgan fingerprint density at radius 3 is 2.63 bits per heavy atom. The van der Waals surface area contributed by atoms with Crippen LogP contribution < -0.4 is 5.32 Å². The van der Waals surface area contributed by atoms with Crippen LogP contribution in [0.4, 0.5) is 0 Å². The highest BCUT2D eigenvalue weighted by Crippen LogP contribution is 2.23. The van der Waals surface area contributed by atoms with Gasteiger partial charge in [-0.15, -0.1) is 0 Å². The van der Waals surface area contributed by atoms with E-state index >= 15 is 0 Å². The molecule has 3 nitrogen and oxygen atoms in total. The first-order valence-corrected chi connectivity index (χ1v) is 7.10. The topological polar surface area (TPSA) is 38.3 Å². The lowest BCUT2D eigenvalue weighted by molar-refractivity contribution is 0.0599. The molecule has 0 atom stereocenters. The first kappa shape index (κ1) is 14.1. The summed E-state index contributed by atoms with van der Waals surface area (Å²) >= 11 is 0. The third-order valence-electron chi connectivity index (χ3n) is 4.02. The molecule has 0 spiro atoms. The zero-order valence-corrected chi connectivity index (χ0v) is 11.8. The lowest BCUT2D eigenvalue weighted by atomic mass is 9.87. The van der Waals surface area contributed by atoms with Crippen LogP contribution in [0.3, 0.4) is 0 Å². The van der Waals surface area contributed by atoms with Crippen molar-refractivity contribution < 1.29 is 9.53 Å². The van der Waals surface area contributed by atoms with Gasteiger partial charge in [-0.1, -0.05) is 25.1 Å². The molecular formula is C16H23NO2. The molecule has 0 bridgehead atoms. The molecule has 1 aliphatic rings. The third kappa shape index (κ3) is 3.80. The molecule has 2 rings (SSSR count). The maximum absolute atomic E-state index is 11.7. The van der Waals surface area contributed by atoms with Gasteiger partial charge in [0.1, 0.15) is 0 Å². The summed E-state index contributed by atoms with van der Waals surface area (Å²) in [5.74, 6) is 0.607. The van der Waals surface area contributed by atoms with Gasteiger partial charge in [-0.25, -0.2) is 4.79 Å². The molecule has 1 aromatic carbocycles. The standard InChI is InChI=1S/C16H23NO2/c1-12-7-9-14(10-8-12)17-11-13-5-3-4-6-15(13)16(18)19-2/h3-6,12,14,17H,7-11H2,1-2H3. The lowest BCUT2D eigenvalue weighted by Crippen LogP contribution is -2.32. The van der Waals surface area contributed by atoms with Crippen LogP contribution in [0.1, 0.15) is 48.5 Å². The second-order valence-electron chi connectivity index (χ2n) is 5.49. The van der Waals surface area contributed by atoms with Gasteiger partial charge >= 0.3 is 5.97 Å². The maximum Gasteiger partial charge on any atom is 0.338 e. The lowest BCUT2D eigenvalue weighted by Gasteiger charge is -2.27. The van der Waals surface area contributed by atoms with E-state index in [1.807, 2.05) is 24.3 Å². The smallest absolute Gasteiger partial charge is 0.338 e. The molecule has 1 N–H and O–H groups in total. The normalized spacial score (nSPS) is 23.1. The summed E-state index contributed by atoms with van der Waals surface area (Å²) in [6, 6.07) is 8.24. The summed E-state index contributed by atoms with van der Waals surface area (Å²) in [5.41, 5.74) is 1.69. The van der Waals surface area contributed by atoms with Crippen molar-refractivity contribution in [1.29, 1.82) is 0 Å². The van der Waals surface area contributed by atoms with Crippen molar-refractivity contribution in [3.63, 3.8) is 0 Å². The summed E-state index contributed by atoms with van der Waals surface area (Å²) in [6.07, 6.45) is 5.08. The van der Waals surface area contributed by atoms with Crippen molar-refractivity contribution in [2.24, 2.45) is 5.92 Å². The van der Waals surface area contributed by atoms with Crippen molar-refractivity contribution in [2.75, 3.05) is 7.11 Å². The van der Waals surface area contributed by atoms with Gasteiger partial charge in [-0.05, 0) is 43.2 Å². The first-order chi connectivity index (χ1) is 9.20. The molecule has 0 unspecified atom stereocenters. The van der Waals surface area contributed by atoms with Gasteiger partial charge in [-0.2, -0.15) is 0 Å². The summed E-state index contributed by atoms with van der Waals surface area (Å²) in [6.45, 7) is 3.06. The molecular weight excluding hydrogens is 238 g/mol. The van der Waals surface area contributed by atoms with Crippen LogP contribution in [-0.4, -0.2) is 19.1 Å². The molecule has 0 aliphatic heterocycles. The molecule has 1 fully saturated rings. The average Bonchev–Trinajstić information content (AvgIpc) is 2.46. The minimum atomic E-state index is -0.255. The Bertz CT molecular complexity index is 423. The highest BCUT2D eigenvalue weighted by atomic mass is 16.5. The molecule has 0 aromatic heterocycles. The van der Waals surface area contributed by atoms with Crippen LogP contribution in [0.5, 0.6) is 0 Å². The zero-order valence-electron chi connectivity index (χ0n) is 11.8. The van der Waals surface area contributed by atoms with Gasteiger partial charge in [0.05, 0.1) is 12.7 Å². The van der Waals surface area contributed by atoms with E-state index in [1.54, 1.807) is 0 Å². The van der Waals surface area contributed by atoms with E-state index in [9.17, 15) is 4.79 Å². The van der Waals surface area contributed by atoms with Gasteiger partial charge in [0.25, 0.3) is 0 Å². The fourth-order valence-corrected chi connectivity index (χ4v) is 2.70. The van der Waals surface area contributed by atoms with Gasteiger partial charge in [0.2, 0.25) is 0 Å². The fourth-order valence-electron chi connectivity index (χ4n) is 2.70. The third-order valence-corrected chi connectivity index (χ3v) is 4.02.